The number of carbonyl (C=O) groups is 2. The number of phenolic OH excluding ortho intramolecular Hbond substituents is 1. The van der Waals surface area contributed by atoms with Gasteiger partial charge in [-0.1, -0.05) is 6.92 Å². The second kappa shape index (κ2) is 4.87. The van der Waals surface area contributed by atoms with Gasteiger partial charge in [-0.05, 0) is 24.1 Å². The van der Waals surface area contributed by atoms with Gasteiger partial charge in [-0.2, -0.15) is 0 Å². The summed E-state index contributed by atoms with van der Waals surface area (Å²) in [5.74, 6) is -3.23. The number of carbonyl (C=O) groups excluding carboxylic acids is 1. The Labute approximate surface area is 109 Å². The molecule has 102 valence electrons. The van der Waals surface area contributed by atoms with E-state index in [0.29, 0.717) is 0 Å². The third kappa shape index (κ3) is 2.52. The second-order valence-electron chi connectivity index (χ2n) is 4.79. The fraction of sp³-hybridized carbons (Fsp3) is 0.385. The number of carboxylic acids is 1. The highest BCUT2D eigenvalue weighted by atomic mass is 19.1. The number of likely N-dealkylation sites (tertiary alicyclic amines) is 1. The van der Waals surface area contributed by atoms with Crippen LogP contribution < -0.4 is 0 Å². The summed E-state index contributed by atoms with van der Waals surface area (Å²) in [7, 11) is 0. The van der Waals surface area contributed by atoms with Crippen LogP contribution in [0.4, 0.5) is 4.39 Å². The zero-order chi connectivity index (χ0) is 14.2. The molecular formula is C13H14FNO4. The first-order valence-electron chi connectivity index (χ1n) is 5.90. The SMILES string of the molecule is C[C@@H]1CN(C(=O)c2cc(F)ccc2O)C[C@H]1C(=O)O. The van der Waals surface area contributed by atoms with E-state index in [1.807, 2.05) is 0 Å². The molecule has 1 aliphatic rings. The summed E-state index contributed by atoms with van der Waals surface area (Å²) in [5, 5.41) is 18.6. The van der Waals surface area contributed by atoms with E-state index in [9.17, 15) is 19.1 Å². The van der Waals surface area contributed by atoms with Gasteiger partial charge in [-0.15, -0.1) is 0 Å². The molecule has 5 nitrogen and oxygen atoms in total. The van der Waals surface area contributed by atoms with E-state index < -0.39 is 23.6 Å². The molecule has 0 radical (unpaired) electrons. The minimum absolute atomic E-state index is 0.0747. The number of hydrogen-bond donors (Lipinski definition) is 2. The minimum Gasteiger partial charge on any atom is -0.507 e. The van der Waals surface area contributed by atoms with E-state index >= 15 is 0 Å². The molecule has 1 heterocycles. The molecule has 19 heavy (non-hydrogen) atoms. The molecule has 2 atom stereocenters. The van der Waals surface area contributed by atoms with Gasteiger partial charge < -0.3 is 15.1 Å². The van der Waals surface area contributed by atoms with Crippen molar-refractivity contribution in [3.05, 3.63) is 29.6 Å². The number of nitrogens with zero attached hydrogens (tertiary/aromatic N) is 1. The fourth-order valence-electron chi connectivity index (χ4n) is 2.30. The number of aromatic hydroxyl groups is 1. The van der Waals surface area contributed by atoms with Crippen LogP contribution in [-0.4, -0.2) is 40.1 Å². The molecule has 0 aromatic heterocycles. The summed E-state index contributed by atoms with van der Waals surface area (Å²) in [5.41, 5.74) is -0.141. The van der Waals surface area contributed by atoms with Crippen LogP contribution in [0.3, 0.4) is 0 Å². The Morgan fingerprint density at radius 2 is 2.05 bits per heavy atom. The number of hydrogen-bond acceptors (Lipinski definition) is 3. The molecular weight excluding hydrogens is 253 g/mol. The molecule has 0 bridgehead atoms. The molecule has 6 heteroatoms. The van der Waals surface area contributed by atoms with Crippen molar-refractivity contribution in [3.8, 4) is 5.75 Å². The van der Waals surface area contributed by atoms with Gasteiger partial charge in [0.2, 0.25) is 0 Å². The second-order valence-corrected chi connectivity index (χ2v) is 4.79. The van der Waals surface area contributed by atoms with Crippen LogP contribution in [0, 0.1) is 17.7 Å². The molecule has 1 saturated heterocycles. The Hall–Kier alpha value is -2.11. The van der Waals surface area contributed by atoms with Gasteiger partial charge in [0.15, 0.2) is 0 Å². The van der Waals surface area contributed by atoms with Crippen LogP contribution in [0.5, 0.6) is 5.75 Å². The van der Waals surface area contributed by atoms with Crippen molar-refractivity contribution < 1.29 is 24.2 Å². The Bertz CT molecular complexity index is 531. The summed E-state index contributed by atoms with van der Waals surface area (Å²) in [6, 6.07) is 3.12. The maximum atomic E-state index is 13.1. The summed E-state index contributed by atoms with van der Waals surface area (Å²) in [6.07, 6.45) is 0. The highest BCUT2D eigenvalue weighted by Crippen LogP contribution is 2.27. The highest BCUT2D eigenvalue weighted by Gasteiger charge is 2.37. The minimum atomic E-state index is -0.953. The quantitative estimate of drug-likeness (QED) is 0.847. The van der Waals surface area contributed by atoms with Gasteiger partial charge in [0, 0.05) is 13.1 Å². The Morgan fingerprint density at radius 1 is 1.37 bits per heavy atom. The Kier molecular flexibility index (Phi) is 3.42. The van der Waals surface area contributed by atoms with Gasteiger partial charge in [0.25, 0.3) is 5.91 Å². The molecule has 1 aliphatic heterocycles. The van der Waals surface area contributed by atoms with Crippen LogP contribution in [0.1, 0.15) is 17.3 Å². The predicted octanol–water partition coefficient (Wildman–Crippen LogP) is 1.32. The Balaban J connectivity index is 2.22. The van der Waals surface area contributed by atoms with E-state index in [1.165, 1.54) is 4.90 Å². The Morgan fingerprint density at radius 3 is 2.63 bits per heavy atom. The van der Waals surface area contributed by atoms with Gasteiger partial charge in [0.1, 0.15) is 11.6 Å². The molecule has 1 aromatic rings. The summed E-state index contributed by atoms with van der Waals surface area (Å²) < 4.78 is 13.1. The smallest absolute Gasteiger partial charge is 0.308 e. The van der Waals surface area contributed by atoms with E-state index in [2.05, 4.69) is 0 Å². The van der Waals surface area contributed by atoms with Crippen molar-refractivity contribution in [1.82, 2.24) is 4.90 Å². The average molecular weight is 267 g/mol. The van der Waals surface area contributed by atoms with Crippen molar-refractivity contribution in [2.75, 3.05) is 13.1 Å². The molecule has 0 unspecified atom stereocenters. The number of amides is 1. The lowest BCUT2D eigenvalue weighted by molar-refractivity contribution is -0.142. The summed E-state index contributed by atoms with van der Waals surface area (Å²) in [6.45, 7) is 2.11. The van der Waals surface area contributed by atoms with Crippen LogP contribution >= 0.6 is 0 Å². The van der Waals surface area contributed by atoms with Crippen LogP contribution in [0.2, 0.25) is 0 Å². The lowest BCUT2D eigenvalue weighted by atomic mass is 9.99. The summed E-state index contributed by atoms with van der Waals surface area (Å²) in [4.78, 5) is 24.5. The van der Waals surface area contributed by atoms with Gasteiger partial charge >= 0.3 is 5.97 Å². The molecule has 0 spiro atoms. The molecule has 2 N–H and O–H groups in total. The number of carboxylic acid groups (broad SMARTS) is 1. The maximum absolute atomic E-state index is 13.1. The van der Waals surface area contributed by atoms with E-state index in [-0.39, 0.29) is 30.3 Å². The molecule has 0 aliphatic carbocycles. The van der Waals surface area contributed by atoms with Crippen molar-refractivity contribution in [2.45, 2.75) is 6.92 Å². The first-order chi connectivity index (χ1) is 8.90. The standard InChI is InChI=1S/C13H14FNO4/c1-7-5-15(6-10(7)13(18)19)12(17)9-4-8(14)2-3-11(9)16/h2-4,7,10,16H,5-6H2,1H3,(H,18,19)/t7-,10-/m1/s1. The highest BCUT2D eigenvalue weighted by molar-refractivity contribution is 5.97. The van der Waals surface area contributed by atoms with Crippen molar-refractivity contribution >= 4 is 11.9 Å². The molecule has 1 fully saturated rings. The van der Waals surface area contributed by atoms with Crippen LogP contribution in [0.15, 0.2) is 18.2 Å². The van der Waals surface area contributed by atoms with Crippen molar-refractivity contribution in [2.24, 2.45) is 11.8 Å². The monoisotopic (exact) mass is 267 g/mol. The van der Waals surface area contributed by atoms with Crippen molar-refractivity contribution in [1.29, 1.82) is 0 Å². The lowest BCUT2D eigenvalue weighted by Gasteiger charge is -2.16. The van der Waals surface area contributed by atoms with E-state index in [4.69, 9.17) is 5.11 Å². The van der Waals surface area contributed by atoms with Gasteiger partial charge in [-0.3, -0.25) is 9.59 Å². The number of phenols is 1. The predicted molar refractivity (Wildman–Crippen MR) is 64.3 cm³/mol. The first-order valence-corrected chi connectivity index (χ1v) is 5.90. The van der Waals surface area contributed by atoms with Crippen LogP contribution in [-0.2, 0) is 4.79 Å². The average Bonchev–Trinajstić information content (AvgIpc) is 2.74. The van der Waals surface area contributed by atoms with E-state index in [0.717, 1.165) is 18.2 Å². The first kappa shape index (κ1) is 13.3. The zero-order valence-corrected chi connectivity index (χ0v) is 10.3. The molecule has 2 rings (SSSR count). The third-order valence-electron chi connectivity index (χ3n) is 3.41. The normalized spacial score (nSPS) is 22.5. The topological polar surface area (TPSA) is 77.8 Å². The molecule has 0 saturated carbocycles. The number of benzene rings is 1. The third-order valence-corrected chi connectivity index (χ3v) is 3.41. The van der Waals surface area contributed by atoms with Crippen LogP contribution in [0.25, 0.3) is 0 Å². The molecule has 1 aromatic carbocycles. The molecule has 1 amide bonds. The van der Waals surface area contributed by atoms with Crippen molar-refractivity contribution in [3.63, 3.8) is 0 Å². The maximum Gasteiger partial charge on any atom is 0.308 e. The lowest BCUT2D eigenvalue weighted by Crippen LogP contribution is -2.30. The zero-order valence-electron chi connectivity index (χ0n) is 10.3. The summed E-state index contributed by atoms with van der Waals surface area (Å²) >= 11 is 0. The van der Waals surface area contributed by atoms with Gasteiger partial charge in [0.05, 0.1) is 11.5 Å². The number of aliphatic carboxylic acids is 1. The fourth-order valence-corrected chi connectivity index (χ4v) is 2.30. The van der Waals surface area contributed by atoms with Gasteiger partial charge in [-0.25, -0.2) is 4.39 Å². The number of rotatable bonds is 2. The largest absolute Gasteiger partial charge is 0.507 e. The number of halogens is 1. The van der Waals surface area contributed by atoms with E-state index in [1.54, 1.807) is 6.92 Å².